The lowest BCUT2D eigenvalue weighted by Gasteiger charge is -2.25. The molecule has 0 fully saturated rings. The minimum atomic E-state index is -0.866. The number of rotatable bonds is 5. The van der Waals surface area contributed by atoms with Crippen molar-refractivity contribution in [2.24, 2.45) is 4.99 Å². The summed E-state index contributed by atoms with van der Waals surface area (Å²) in [7, 11) is 2.79. The summed E-state index contributed by atoms with van der Waals surface area (Å²) in [6.07, 6.45) is 1.63. The van der Waals surface area contributed by atoms with Gasteiger partial charge in [0.25, 0.3) is 5.56 Å². The number of nitrogens with zero attached hydrogens (tertiary/aromatic N) is 2. The van der Waals surface area contributed by atoms with Crippen molar-refractivity contribution in [3.8, 4) is 17.1 Å². The summed E-state index contributed by atoms with van der Waals surface area (Å²) in [5.74, 6) is 0.816. The molecule has 1 aliphatic rings. The zero-order valence-corrected chi connectivity index (χ0v) is 23.3. The number of aromatic nitrogens is 1. The SMILES string of the molecule is COC(=O)C1=C(C)N=c2s/c(=C\c3ccc(-c4ccc(Cl)cc4Cl)o3)c(=O)n2[C@@H]1c1cc(Cl)ccc1OC. The third-order valence-electron chi connectivity index (χ3n) is 6.01. The van der Waals surface area contributed by atoms with Gasteiger partial charge in [0.2, 0.25) is 0 Å². The van der Waals surface area contributed by atoms with Gasteiger partial charge in [0, 0.05) is 27.2 Å². The third kappa shape index (κ3) is 4.69. The predicted molar refractivity (Wildman–Crippen MR) is 148 cm³/mol. The topological polar surface area (TPSA) is 83.0 Å². The van der Waals surface area contributed by atoms with Crippen LogP contribution in [0.4, 0.5) is 0 Å². The number of allylic oxidation sites excluding steroid dienone is 1. The molecule has 0 radical (unpaired) electrons. The Hall–Kier alpha value is -3.30. The minimum absolute atomic E-state index is 0.213. The van der Waals surface area contributed by atoms with Gasteiger partial charge in [0.1, 0.15) is 23.3 Å². The maximum absolute atomic E-state index is 13.8. The number of halogens is 3. The summed E-state index contributed by atoms with van der Waals surface area (Å²) >= 11 is 19.8. The molecular formula is C27H19Cl3N2O5S. The lowest BCUT2D eigenvalue weighted by Crippen LogP contribution is -2.40. The average molecular weight is 590 g/mol. The van der Waals surface area contributed by atoms with E-state index in [1.54, 1.807) is 61.5 Å². The van der Waals surface area contributed by atoms with Crippen LogP contribution in [-0.2, 0) is 9.53 Å². The van der Waals surface area contributed by atoms with Gasteiger partial charge < -0.3 is 13.9 Å². The molecule has 194 valence electrons. The number of fused-ring (bicyclic) bond motifs is 1. The number of furan rings is 1. The van der Waals surface area contributed by atoms with Gasteiger partial charge in [0.05, 0.1) is 35.0 Å². The first-order chi connectivity index (χ1) is 18.2. The van der Waals surface area contributed by atoms with Crippen LogP contribution < -0.4 is 19.6 Å². The number of hydrogen-bond donors (Lipinski definition) is 0. The van der Waals surface area contributed by atoms with Gasteiger partial charge in [-0.1, -0.05) is 46.1 Å². The highest BCUT2D eigenvalue weighted by Crippen LogP contribution is 2.37. The molecule has 0 spiro atoms. The van der Waals surface area contributed by atoms with Gasteiger partial charge in [0.15, 0.2) is 4.80 Å². The van der Waals surface area contributed by atoms with E-state index in [0.717, 1.165) is 0 Å². The van der Waals surface area contributed by atoms with Crippen molar-refractivity contribution in [3.05, 3.63) is 106 Å². The van der Waals surface area contributed by atoms with Crippen LogP contribution in [-0.4, -0.2) is 24.8 Å². The molecule has 0 saturated carbocycles. The van der Waals surface area contributed by atoms with E-state index in [-0.39, 0.29) is 11.1 Å². The molecule has 3 heterocycles. The number of carbonyl (C=O) groups excluding carboxylic acids is 1. The Morgan fingerprint density at radius 2 is 1.82 bits per heavy atom. The maximum atomic E-state index is 13.8. The molecule has 1 aliphatic heterocycles. The van der Waals surface area contributed by atoms with Crippen molar-refractivity contribution in [3.63, 3.8) is 0 Å². The largest absolute Gasteiger partial charge is 0.496 e. The van der Waals surface area contributed by atoms with Crippen molar-refractivity contribution >= 4 is 58.2 Å². The Bertz CT molecular complexity index is 1800. The first-order valence-electron chi connectivity index (χ1n) is 11.2. The normalized spacial score (nSPS) is 15.3. The van der Waals surface area contributed by atoms with Gasteiger partial charge >= 0.3 is 5.97 Å². The van der Waals surface area contributed by atoms with E-state index in [4.69, 9.17) is 48.7 Å². The Kier molecular flexibility index (Phi) is 7.24. The summed E-state index contributed by atoms with van der Waals surface area (Å²) in [6.45, 7) is 1.70. The lowest BCUT2D eigenvalue weighted by molar-refractivity contribution is -0.136. The quantitative estimate of drug-likeness (QED) is 0.282. The number of benzene rings is 2. The smallest absolute Gasteiger partial charge is 0.338 e. The summed E-state index contributed by atoms with van der Waals surface area (Å²) < 4.78 is 18.4. The molecule has 38 heavy (non-hydrogen) atoms. The fourth-order valence-electron chi connectivity index (χ4n) is 4.30. The monoisotopic (exact) mass is 588 g/mol. The summed E-state index contributed by atoms with van der Waals surface area (Å²) in [5.41, 5.74) is 1.47. The molecule has 1 atom stereocenters. The third-order valence-corrected chi connectivity index (χ3v) is 7.78. The molecule has 0 bridgehead atoms. The molecule has 11 heteroatoms. The molecule has 2 aromatic carbocycles. The summed E-state index contributed by atoms with van der Waals surface area (Å²) in [5, 5.41) is 1.38. The van der Waals surface area contributed by atoms with Gasteiger partial charge in [-0.25, -0.2) is 9.79 Å². The van der Waals surface area contributed by atoms with E-state index in [9.17, 15) is 9.59 Å². The fraction of sp³-hybridized carbons (Fsp3) is 0.148. The van der Waals surface area contributed by atoms with Crippen LogP contribution in [0.15, 0.2) is 74.0 Å². The maximum Gasteiger partial charge on any atom is 0.338 e. The predicted octanol–water partition coefficient (Wildman–Crippen LogP) is 5.64. The molecular weight excluding hydrogens is 571 g/mol. The van der Waals surface area contributed by atoms with E-state index in [1.807, 2.05) is 0 Å². The van der Waals surface area contributed by atoms with E-state index in [1.165, 1.54) is 30.1 Å². The van der Waals surface area contributed by atoms with Crippen LogP contribution >= 0.6 is 46.1 Å². The second kappa shape index (κ2) is 10.5. The van der Waals surface area contributed by atoms with Crippen LogP contribution in [0.2, 0.25) is 15.1 Å². The first kappa shape index (κ1) is 26.3. The molecule has 2 aromatic heterocycles. The Labute approximate surface area is 235 Å². The number of esters is 1. The van der Waals surface area contributed by atoms with Crippen molar-refractivity contribution in [2.75, 3.05) is 14.2 Å². The van der Waals surface area contributed by atoms with Gasteiger partial charge in [-0.05, 0) is 55.5 Å². The lowest BCUT2D eigenvalue weighted by atomic mass is 9.95. The highest BCUT2D eigenvalue weighted by molar-refractivity contribution is 7.07. The summed E-state index contributed by atoms with van der Waals surface area (Å²) in [6, 6.07) is 12.8. The number of methoxy groups -OCH3 is 2. The summed E-state index contributed by atoms with van der Waals surface area (Å²) in [4.78, 5) is 31.6. The Morgan fingerprint density at radius 1 is 1.08 bits per heavy atom. The Balaban J connectivity index is 1.68. The zero-order chi connectivity index (χ0) is 27.1. The molecule has 0 amide bonds. The van der Waals surface area contributed by atoms with Crippen molar-refractivity contribution < 1.29 is 18.7 Å². The fourth-order valence-corrected chi connectivity index (χ4v) is 6.01. The molecule has 0 aliphatic carbocycles. The van der Waals surface area contributed by atoms with Crippen molar-refractivity contribution in [1.82, 2.24) is 4.57 Å². The van der Waals surface area contributed by atoms with Crippen LogP contribution in [0.5, 0.6) is 5.75 Å². The van der Waals surface area contributed by atoms with Crippen LogP contribution in [0.1, 0.15) is 24.3 Å². The second-order valence-electron chi connectivity index (χ2n) is 8.29. The van der Waals surface area contributed by atoms with Gasteiger partial charge in [-0.2, -0.15) is 0 Å². The van der Waals surface area contributed by atoms with E-state index in [2.05, 4.69) is 4.99 Å². The van der Waals surface area contributed by atoms with E-state index < -0.39 is 12.0 Å². The van der Waals surface area contributed by atoms with Crippen LogP contribution in [0.3, 0.4) is 0 Å². The van der Waals surface area contributed by atoms with E-state index >= 15 is 0 Å². The first-order valence-corrected chi connectivity index (χ1v) is 13.2. The second-order valence-corrected chi connectivity index (χ2v) is 10.6. The number of thiazole rings is 1. The van der Waals surface area contributed by atoms with Crippen molar-refractivity contribution in [1.29, 1.82) is 0 Å². The van der Waals surface area contributed by atoms with Crippen molar-refractivity contribution in [2.45, 2.75) is 13.0 Å². The molecule has 4 aromatic rings. The molecule has 0 N–H and O–H groups in total. The van der Waals surface area contributed by atoms with Gasteiger partial charge in [-0.3, -0.25) is 9.36 Å². The zero-order valence-electron chi connectivity index (χ0n) is 20.3. The molecule has 5 rings (SSSR count). The number of ether oxygens (including phenoxy) is 2. The standard InChI is InChI=1S/C27H19Cl3N2O5S/c1-13-23(26(34)36-3)24(18-10-14(28)5-8-20(18)35-2)32-25(33)22(38-27(32)31-13)12-16-6-9-21(37-16)17-7-4-15(29)11-19(17)30/h4-12,24H,1-3H3/b22-12-/t24-/m1/s1. The molecule has 0 saturated heterocycles. The van der Waals surface area contributed by atoms with Crippen LogP contribution in [0.25, 0.3) is 17.4 Å². The van der Waals surface area contributed by atoms with Crippen LogP contribution in [0, 0.1) is 0 Å². The highest BCUT2D eigenvalue weighted by Gasteiger charge is 2.35. The molecule has 7 nitrogen and oxygen atoms in total. The molecule has 0 unspecified atom stereocenters. The minimum Gasteiger partial charge on any atom is -0.496 e. The Morgan fingerprint density at radius 3 is 2.53 bits per heavy atom. The number of carbonyl (C=O) groups is 1. The van der Waals surface area contributed by atoms with E-state index in [0.29, 0.717) is 58.5 Å². The van der Waals surface area contributed by atoms with Gasteiger partial charge in [-0.15, -0.1) is 0 Å². The number of hydrogen-bond acceptors (Lipinski definition) is 7. The average Bonchev–Trinajstić information content (AvgIpc) is 3.47. The highest BCUT2D eigenvalue weighted by atomic mass is 35.5.